The molecular weight excluding hydrogens is 244 g/mol. The summed E-state index contributed by atoms with van der Waals surface area (Å²) in [4.78, 5) is 18.5. The van der Waals surface area contributed by atoms with Crippen molar-refractivity contribution < 1.29 is 9.53 Å². The van der Waals surface area contributed by atoms with Crippen LogP contribution in [0.4, 0.5) is 0 Å². The fourth-order valence-electron chi connectivity index (χ4n) is 2.78. The number of hydrogen-bond donors (Lipinski definition) is 2. The van der Waals surface area contributed by atoms with Crippen LogP contribution in [-0.4, -0.2) is 48.6 Å². The van der Waals surface area contributed by atoms with Crippen molar-refractivity contribution in [2.24, 2.45) is 16.6 Å². The third kappa shape index (κ3) is 2.15. The minimum Gasteiger partial charge on any atom is -0.380 e. The van der Waals surface area contributed by atoms with Gasteiger partial charge in [0.1, 0.15) is 12.0 Å². The summed E-state index contributed by atoms with van der Waals surface area (Å²) in [7, 11) is 0. The van der Waals surface area contributed by atoms with Crippen LogP contribution in [0.15, 0.2) is 16.3 Å². The van der Waals surface area contributed by atoms with Gasteiger partial charge in [0.25, 0.3) is 0 Å². The molecule has 3 rings (SSSR count). The van der Waals surface area contributed by atoms with Crippen LogP contribution in [0, 0.1) is 5.92 Å². The molecule has 3 N–H and O–H groups in total. The Hall–Kier alpha value is -1.40. The Morgan fingerprint density at radius 3 is 2.84 bits per heavy atom. The van der Waals surface area contributed by atoms with Gasteiger partial charge in [-0.1, -0.05) is 0 Å². The van der Waals surface area contributed by atoms with E-state index in [1.807, 2.05) is 13.8 Å². The lowest BCUT2D eigenvalue weighted by molar-refractivity contribution is -0.139. The number of ether oxygens (including phenoxy) is 1. The maximum Gasteiger partial charge on any atom is 0.228 e. The van der Waals surface area contributed by atoms with Gasteiger partial charge in [-0.05, 0) is 19.4 Å². The smallest absolute Gasteiger partial charge is 0.228 e. The molecule has 0 spiro atoms. The number of nitrogens with two attached hydrogens (primary N) is 1. The van der Waals surface area contributed by atoms with E-state index in [0.717, 1.165) is 24.4 Å². The Balaban J connectivity index is 1.68. The highest BCUT2D eigenvalue weighted by molar-refractivity contribution is 5.84. The molecule has 0 aromatic carbocycles. The summed E-state index contributed by atoms with van der Waals surface area (Å²) in [6, 6.07) is 0.147. The van der Waals surface area contributed by atoms with Crippen molar-refractivity contribution in [2.75, 3.05) is 19.8 Å². The maximum atomic E-state index is 11.9. The number of hydrogen-bond acceptors (Lipinski definition) is 5. The van der Waals surface area contributed by atoms with Gasteiger partial charge >= 0.3 is 0 Å². The average molecular weight is 264 g/mol. The van der Waals surface area contributed by atoms with E-state index in [-0.39, 0.29) is 24.0 Å². The second kappa shape index (κ2) is 4.61. The van der Waals surface area contributed by atoms with E-state index in [2.05, 4.69) is 15.2 Å². The van der Waals surface area contributed by atoms with E-state index in [0.29, 0.717) is 13.2 Å². The number of rotatable bonds is 2. The van der Waals surface area contributed by atoms with Crippen molar-refractivity contribution in [3.05, 3.63) is 11.3 Å². The number of nitrogens with one attached hydrogen (secondary N) is 1. The van der Waals surface area contributed by atoms with Crippen LogP contribution in [0.1, 0.15) is 20.3 Å². The lowest BCUT2D eigenvalue weighted by Crippen LogP contribution is -2.47. The molecule has 2 unspecified atom stereocenters. The molecule has 6 nitrogen and oxygen atoms in total. The van der Waals surface area contributed by atoms with Gasteiger partial charge in [0.2, 0.25) is 5.91 Å². The highest BCUT2D eigenvalue weighted by Gasteiger charge is 2.36. The molecule has 3 heterocycles. The molecule has 0 aromatic heterocycles. The van der Waals surface area contributed by atoms with Gasteiger partial charge in [-0.25, -0.2) is 4.99 Å². The first-order chi connectivity index (χ1) is 9.06. The van der Waals surface area contributed by atoms with Crippen LogP contribution in [0.3, 0.4) is 0 Å². The first-order valence-corrected chi connectivity index (χ1v) is 6.71. The van der Waals surface area contributed by atoms with Crippen molar-refractivity contribution in [2.45, 2.75) is 32.5 Å². The van der Waals surface area contributed by atoms with E-state index in [4.69, 9.17) is 10.5 Å². The molecular formula is C13H20N4O2. The fourth-order valence-corrected chi connectivity index (χ4v) is 2.78. The van der Waals surface area contributed by atoms with Crippen LogP contribution in [0.25, 0.3) is 0 Å². The van der Waals surface area contributed by atoms with E-state index in [9.17, 15) is 4.79 Å². The monoisotopic (exact) mass is 264 g/mol. The molecule has 19 heavy (non-hydrogen) atoms. The zero-order chi connectivity index (χ0) is 13.6. The molecule has 0 saturated carbocycles. The fraction of sp³-hybridized carbons (Fsp3) is 0.692. The van der Waals surface area contributed by atoms with Gasteiger partial charge in [-0.2, -0.15) is 0 Å². The third-order valence-electron chi connectivity index (χ3n) is 4.14. The van der Waals surface area contributed by atoms with Crippen molar-refractivity contribution in [1.29, 1.82) is 0 Å². The number of nitrogens with zero attached hydrogens (tertiary/aromatic N) is 2. The largest absolute Gasteiger partial charge is 0.380 e. The number of carbonyl (C=O) groups is 1. The van der Waals surface area contributed by atoms with Crippen LogP contribution < -0.4 is 11.1 Å². The van der Waals surface area contributed by atoms with E-state index in [1.165, 1.54) is 5.70 Å². The molecule has 0 aromatic rings. The zero-order valence-electron chi connectivity index (χ0n) is 11.3. The molecule has 0 radical (unpaired) electrons. The van der Waals surface area contributed by atoms with Gasteiger partial charge in [-0.3, -0.25) is 4.79 Å². The molecule has 2 fully saturated rings. The topological polar surface area (TPSA) is 79.9 Å². The Morgan fingerprint density at radius 1 is 1.47 bits per heavy atom. The van der Waals surface area contributed by atoms with E-state index >= 15 is 0 Å². The lowest BCUT2D eigenvalue weighted by atomic mass is 10.1. The van der Waals surface area contributed by atoms with Crippen LogP contribution in [-0.2, 0) is 9.53 Å². The van der Waals surface area contributed by atoms with Crippen molar-refractivity contribution >= 4 is 11.7 Å². The molecule has 2 atom stereocenters. The highest BCUT2D eigenvalue weighted by atomic mass is 16.5. The third-order valence-corrected chi connectivity index (χ3v) is 4.14. The molecule has 6 heteroatoms. The number of aliphatic imine (C=N–C) groups is 1. The summed E-state index contributed by atoms with van der Waals surface area (Å²) in [6.07, 6.45) is 0.604. The summed E-state index contributed by atoms with van der Waals surface area (Å²) in [5.74, 6) is 1.08. The Labute approximate surface area is 112 Å². The Bertz CT molecular complexity index is 467. The Morgan fingerprint density at radius 2 is 2.21 bits per heavy atom. The maximum absolute atomic E-state index is 11.9. The summed E-state index contributed by atoms with van der Waals surface area (Å²) >= 11 is 0. The van der Waals surface area contributed by atoms with Gasteiger partial charge in [0, 0.05) is 18.7 Å². The minimum absolute atomic E-state index is 0.0322. The molecule has 0 aliphatic carbocycles. The zero-order valence-corrected chi connectivity index (χ0v) is 11.3. The molecule has 0 bridgehead atoms. The first-order valence-electron chi connectivity index (χ1n) is 6.71. The number of fused-ring (bicyclic) bond motifs is 1. The predicted molar refractivity (Wildman–Crippen MR) is 71.3 cm³/mol. The molecule has 104 valence electrons. The van der Waals surface area contributed by atoms with Gasteiger partial charge in [-0.15, -0.1) is 0 Å². The summed E-state index contributed by atoms with van der Waals surface area (Å²) in [5.41, 5.74) is 8.30. The lowest BCUT2D eigenvalue weighted by Gasteiger charge is -2.28. The SMILES string of the molecule is CC1=NC(N)C(C)=C2CC(NC(=O)C3COC3)CN12. The van der Waals surface area contributed by atoms with Gasteiger partial charge in [0.05, 0.1) is 25.2 Å². The molecule has 3 aliphatic heterocycles. The molecule has 2 saturated heterocycles. The summed E-state index contributed by atoms with van der Waals surface area (Å²) in [5, 5.41) is 3.10. The second-order valence-electron chi connectivity index (χ2n) is 5.51. The van der Waals surface area contributed by atoms with Crippen LogP contribution in [0.2, 0.25) is 0 Å². The van der Waals surface area contributed by atoms with Crippen LogP contribution in [0.5, 0.6) is 0 Å². The molecule has 1 amide bonds. The van der Waals surface area contributed by atoms with E-state index in [1.54, 1.807) is 0 Å². The van der Waals surface area contributed by atoms with Crippen molar-refractivity contribution in [3.63, 3.8) is 0 Å². The summed E-state index contributed by atoms with van der Waals surface area (Å²) in [6.45, 7) is 5.88. The number of amidine groups is 1. The predicted octanol–water partition coefficient (Wildman–Crippen LogP) is -0.186. The van der Waals surface area contributed by atoms with Gasteiger partial charge < -0.3 is 20.7 Å². The number of carbonyl (C=O) groups excluding carboxylic acids is 1. The normalized spacial score (nSPS) is 30.9. The van der Waals surface area contributed by atoms with Crippen LogP contribution >= 0.6 is 0 Å². The second-order valence-corrected chi connectivity index (χ2v) is 5.51. The minimum atomic E-state index is -0.235. The number of amides is 1. The van der Waals surface area contributed by atoms with Crippen molar-refractivity contribution in [3.8, 4) is 0 Å². The highest BCUT2D eigenvalue weighted by Crippen LogP contribution is 2.30. The molecule has 3 aliphatic rings. The quantitative estimate of drug-likeness (QED) is 0.725. The van der Waals surface area contributed by atoms with Gasteiger partial charge in [0.15, 0.2) is 0 Å². The Kier molecular flexibility index (Phi) is 3.06. The first kappa shape index (κ1) is 12.6. The van der Waals surface area contributed by atoms with E-state index < -0.39 is 0 Å². The standard InChI is InChI=1S/C13H20N4O2/c1-7-11-3-10(16-13(18)9-5-19-6-9)4-17(11)8(2)15-12(7)14/h9-10,12H,3-6,14H2,1-2H3,(H,16,18). The summed E-state index contributed by atoms with van der Waals surface area (Å²) < 4.78 is 5.05. The average Bonchev–Trinajstić information content (AvgIpc) is 2.68. The van der Waals surface area contributed by atoms with Crippen molar-refractivity contribution in [1.82, 2.24) is 10.2 Å².